The van der Waals surface area contributed by atoms with Gasteiger partial charge in [-0.05, 0) is 55.0 Å². The van der Waals surface area contributed by atoms with Crippen LogP contribution < -0.4 is 25.6 Å². The summed E-state index contributed by atoms with van der Waals surface area (Å²) in [7, 11) is 0. The third-order valence-electron chi connectivity index (χ3n) is 3.89. The smallest absolute Gasteiger partial charge is 0.273 e. The molecule has 0 aliphatic rings. The summed E-state index contributed by atoms with van der Waals surface area (Å²) in [5, 5.41) is 2.46. The molecule has 0 atom stereocenters. The summed E-state index contributed by atoms with van der Waals surface area (Å²) in [5.74, 6) is 0.245. The number of ether oxygens (including phenoxy) is 2. The molecule has 0 saturated carbocycles. The number of hydrogen-bond donors (Lipinski definition) is 3. The topological polar surface area (TPSA) is 88.7 Å². The molecule has 30 heavy (non-hydrogen) atoms. The summed E-state index contributed by atoms with van der Waals surface area (Å²) < 4.78 is 11.0. The Morgan fingerprint density at radius 1 is 1.03 bits per heavy atom. The molecule has 0 bridgehead atoms. The van der Waals surface area contributed by atoms with Crippen molar-refractivity contribution in [1.82, 2.24) is 16.2 Å². The first-order chi connectivity index (χ1) is 14.5. The van der Waals surface area contributed by atoms with Gasteiger partial charge < -0.3 is 9.47 Å². The normalized spacial score (nSPS) is 9.90. The zero-order chi connectivity index (χ0) is 21.8. The van der Waals surface area contributed by atoms with Crippen LogP contribution in [0.2, 0.25) is 0 Å². The quantitative estimate of drug-likeness (QED) is 0.246. The lowest BCUT2D eigenvalue weighted by molar-refractivity contribution is 0.0931. The Labute approximate surface area is 181 Å². The number of para-hydroxylation sites is 1. The fraction of sp³-hybridized carbons (Fsp3) is 0.227. The number of thiocarbonyl (C=S) groups is 1. The number of hydrazine groups is 1. The molecule has 158 valence electrons. The van der Waals surface area contributed by atoms with E-state index in [0.29, 0.717) is 29.2 Å². The summed E-state index contributed by atoms with van der Waals surface area (Å²) in [6, 6.07) is 13.5. The molecule has 3 N–H and O–H groups in total. The second-order valence-electron chi connectivity index (χ2n) is 6.18. The van der Waals surface area contributed by atoms with E-state index in [1.54, 1.807) is 54.6 Å². The van der Waals surface area contributed by atoms with E-state index in [9.17, 15) is 9.59 Å². The van der Waals surface area contributed by atoms with Gasteiger partial charge in [-0.15, -0.1) is 0 Å². The zero-order valence-electron chi connectivity index (χ0n) is 16.8. The fourth-order valence-electron chi connectivity index (χ4n) is 2.35. The average Bonchev–Trinajstić information content (AvgIpc) is 2.77. The Morgan fingerprint density at radius 2 is 1.77 bits per heavy atom. The Balaban J connectivity index is 1.85. The Kier molecular flexibility index (Phi) is 9.33. The van der Waals surface area contributed by atoms with Gasteiger partial charge in [0.15, 0.2) is 5.11 Å². The van der Waals surface area contributed by atoms with Crippen LogP contribution in [0.25, 0.3) is 0 Å². The van der Waals surface area contributed by atoms with Gasteiger partial charge in [0.25, 0.3) is 11.8 Å². The fourth-order valence-corrected chi connectivity index (χ4v) is 2.50. The van der Waals surface area contributed by atoms with Gasteiger partial charge in [-0.25, -0.2) is 0 Å². The summed E-state index contributed by atoms with van der Waals surface area (Å²) >= 11 is 5.07. The minimum Gasteiger partial charge on any atom is -0.494 e. The third kappa shape index (κ3) is 7.21. The first-order valence-electron chi connectivity index (χ1n) is 9.52. The Hall–Kier alpha value is -3.39. The minimum absolute atomic E-state index is 0.0406. The molecule has 0 fully saturated rings. The molecule has 2 aromatic rings. The van der Waals surface area contributed by atoms with Gasteiger partial charge in [-0.1, -0.05) is 38.1 Å². The maximum atomic E-state index is 12.4. The molecule has 2 amide bonds. The van der Waals surface area contributed by atoms with Crippen molar-refractivity contribution in [2.45, 2.75) is 19.8 Å². The van der Waals surface area contributed by atoms with E-state index in [1.807, 2.05) is 0 Å². The lowest BCUT2D eigenvalue weighted by Gasteiger charge is -2.13. The summed E-state index contributed by atoms with van der Waals surface area (Å²) in [4.78, 5) is 24.7. The van der Waals surface area contributed by atoms with E-state index in [-0.39, 0.29) is 11.7 Å². The van der Waals surface area contributed by atoms with Gasteiger partial charge in [0.1, 0.15) is 18.1 Å². The number of unbranched alkanes of at least 4 members (excludes halogenated alkanes) is 1. The molecule has 0 radical (unpaired) electrons. The number of rotatable bonds is 9. The molecule has 0 aromatic heterocycles. The second kappa shape index (κ2) is 12.2. The van der Waals surface area contributed by atoms with Crippen LogP contribution in [0.5, 0.6) is 11.5 Å². The van der Waals surface area contributed by atoms with Crippen LogP contribution in [0.15, 0.2) is 61.2 Å². The number of nitrogens with one attached hydrogen (secondary N) is 3. The molecular formula is C22H25N3O4S. The molecule has 7 nitrogen and oxygen atoms in total. The number of amides is 2. The highest BCUT2D eigenvalue weighted by Gasteiger charge is 2.13. The minimum atomic E-state index is -0.458. The van der Waals surface area contributed by atoms with Crippen LogP contribution in [0.3, 0.4) is 0 Å². The number of benzene rings is 2. The van der Waals surface area contributed by atoms with Crippen LogP contribution in [-0.4, -0.2) is 30.1 Å². The van der Waals surface area contributed by atoms with Crippen LogP contribution in [-0.2, 0) is 0 Å². The van der Waals surface area contributed by atoms with Crippen molar-refractivity contribution in [3.05, 3.63) is 72.3 Å². The molecular weight excluding hydrogens is 402 g/mol. The number of carbonyl (C=O) groups excluding carboxylic acids is 2. The zero-order valence-corrected chi connectivity index (χ0v) is 17.6. The molecule has 2 aromatic carbocycles. The maximum absolute atomic E-state index is 12.4. The first kappa shape index (κ1) is 22.9. The Morgan fingerprint density at radius 3 is 2.47 bits per heavy atom. The van der Waals surface area contributed by atoms with E-state index < -0.39 is 11.8 Å². The molecule has 2 rings (SSSR count). The van der Waals surface area contributed by atoms with Gasteiger partial charge in [0.05, 0.1) is 12.2 Å². The van der Waals surface area contributed by atoms with Gasteiger partial charge >= 0.3 is 0 Å². The maximum Gasteiger partial charge on any atom is 0.273 e. The van der Waals surface area contributed by atoms with Crippen molar-refractivity contribution >= 4 is 29.1 Å². The highest BCUT2D eigenvalue weighted by Crippen LogP contribution is 2.17. The van der Waals surface area contributed by atoms with Gasteiger partial charge in [0, 0.05) is 5.56 Å². The molecule has 0 aliphatic heterocycles. The lowest BCUT2D eigenvalue weighted by atomic mass is 10.2. The predicted octanol–water partition coefficient (Wildman–Crippen LogP) is 3.38. The van der Waals surface area contributed by atoms with Crippen LogP contribution in [0, 0.1) is 0 Å². The van der Waals surface area contributed by atoms with Crippen molar-refractivity contribution in [2.24, 2.45) is 0 Å². The summed E-state index contributed by atoms with van der Waals surface area (Å²) in [6.07, 6.45) is 3.61. The van der Waals surface area contributed by atoms with E-state index in [0.717, 1.165) is 12.8 Å². The number of carbonyl (C=O) groups is 2. The standard InChI is InChI=1S/C22H25N3O4S/c1-3-5-15-28-17-12-10-16(11-13-17)20(26)23-22(30)25-24-21(27)18-8-6-7-9-19(18)29-14-4-2/h4,6-13H,2-3,5,14-15H2,1H3,(H,24,27)(H2,23,25,26,30). The summed E-state index contributed by atoms with van der Waals surface area (Å²) in [6.45, 7) is 6.58. The van der Waals surface area contributed by atoms with E-state index >= 15 is 0 Å². The van der Waals surface area contributed by atoms with E-state index in [4.69, 9.17) is 21.7 Å². The van der Waals surface area contributed by atoms with Crippen molar-refractivity contribution in [1.29, 1.82) is 0 Å². The summed E-state index contributed by atoms with van der Waals surface area (Å²) in [5.41, 5.74) is 5.68. The highest BCUT2D eigenvalue weighted by atomic mass is 32.1. The van der Waals surface area contributed by atoms with Gasteiger partial charge in [0.2, 0.25) is 0 Å². The van der Waals surface area contributed by atoms with Crippen LogP contribution in [0.1, 0.15) is 40.5 Å². The molecule has 0 saturated heterocycles. The lowest BCUT2D eigenvalue weighted by Crippen LogP contribution is -2.48. The molecule has 0 aliphatic carbocycles. The average molecular weight is 428 g/mol. The first-order valence-corrected chi connectivity index (χ1v) is 9.93. The molecule has 0 heterocycles. The van der Waals surface area contributed by atoms with Crippen LogP contribution >= 0.6 is 12.2 Å². The Bertz CT molecular complexity index is 884. The van der Waals surface area contributed by atoms with Gasteiger partial charge in [-0.3, -0.25) is 25.8 Å². The van der Waals surface area contributed by atoms with Crippen molar-refractivity contribution in [2.75, 3.05) is 13.2 Å². The number of hydrogen-bond acceptors (Lipinski definition) is 5. The van der Waals surface area contributed by atoms with E-state index in [1.165, 1.54) is 0 Å². The van der Waals surface area contributed by atoms with E-state index in [2.05, 4.69) is 29.7 Å². The van der Waals surface area contributed by atoms with Crippen LogP contribution in [0.4, 0.5) is 0 Å². The molecule has 0 unspecified atom stereocenters. The third-order valence-corrected chi connectivity index (χ3v) is 4.09. The predicted molar refractivity (Wildman–Crippen MR) is 120 cm³/mol. The van der Waals surface area contributed by atoms with Crippen molar-refractivity contribution in [3.8, 4) is 11.5 Å². The van der Waals surface area contributed by atoms with Crippen molar-refractivity contribution < 1.29 is 19.1 Å². The largest absolute Gasteiger partial charge is 0.494 e. The monoisotopic (exact) mass is 427 g/mol. The van der Waals surface area contributed by atoms with Gasteiger partial charge in [-0.2, -0.15) is 0 Å². The van der Waals surface area contributed by atoms with Crippen molar-refractivity contribution in [3.63, 3.8) is 0 Å². The molecule has 8 heteroatoms. The molecule has 0 spiro atoms. The highest BCUT2D eigenvalue weighted by molar-refractivity contribution is 7.80. The SMILES string of the molecule is C=CCOc1ccccc1C(=O)NNC(=S)NC(=O)c1ccc(OCCCC)cc1. The second-order valence-corrected chi connectivity index (χ2v) is 6.59.